The lowest BCUT2D eigenvalue weighted by molar-refractivity contribution is -0.142. The van der Waals surface area contributed by atoms with Gasteiger partial charge >= 0.3 is 5.97 Å². The maximum Gasteiger partial charge on any atom is 0.306 e. The van der Waals surface area contributed by atoms with E-state index in [1.807, 2.05) is 6.07 Å². The number of hydrogen-bond donors (Lipinski definition) is 1. The highest BCUT2D eigenvalue weighted by Crippen LogP contribution is 2.37. The molecule has 1 aromatic carbocycles. The summed E-state index contributed by atoms with van der Waals surface area (Å²) in [7, 11) is -3.56. The number of nitrogens with zero attached hydrogens (tertiary/aromatic N) is 1. The first kappa shape index (κ1) is 16.0. The standard InChI is InChI=1S/C13H18N2O4S2/c1-2-19-13(16)5-8-21(17,18)15-6-7-20-12-4-3-10(14)9-11(12)15/h3-4,9H,2,5-8,14H2,1H3. The molecule has 0 saturated carbocycles. The Balaban J connectivity index is 2.18. The number of rotatable bonds is 5. The van der Waals surface area contributed by atoms with Gasteiger partial charge in [-0.15, -0.1) is 11.8 Å². The van der Waals surface area contributed by atoms with Crippen LogP contribution in [0.3, 0.4) is 0 Å². The molecule has 0 fully saturated rings. The summed E-state index contributed by atoms with van der Waals surface area (Å²) < 4.78 is 31.0. The zero-order chi connectivity index (χ0) is 15.5. The van der Waals surface area contributed by atoms with E-state index in [0.717, 1.165) is 4.90 Å². The van der Waals surface area contributed by atoms with Gasteiger partial charge in [0.1, 0.15) is 0 Å². The molecule has 2 N–H and O–H groups in total. The van der Waals surface area contributed by atoms with Crippen molar-refractivity contribution in [2.24, 2.45) is 0 Å². The van der Waals surface area contributed by atoms with Crippen molar-refractivity contribution in [3.63, 3.8) is 0 Å². The van der Waals surface area contributed by atoms with Crippen molar-refractivity contribution in [2.45, 2.75) is 18.2 Å². The van der Waals surface area contributed by atoms with Gasteiger partial charge in [0, 0.05) is 22.9 Å². The Labute approximate surface area is 128 Å². The number of carbonyl (C=O) groups is 1. The number of benzene rings is 1. The SMILES string of the molecule is CCOC(=O)CCS(=O)(=O)N1CCSc2ccc(N)cc21. The zero-order valence-electron chi connectivity index (χ0n) is 11.7. The molecule has 0 aromatic heterocycles. The Bertz CT molecular complexity index is 631. The molecular formula is C13H18N2O4S2. The van der Waals surface area contributed by atoms with Crippen LogP contribution in [0.1, 0.15) is 13.3 Å². The summed E-state index contributed by atoms with van der Waals surface area (Å²) in [4.78, 5) is 12.2. The van der Waals surface area contributed by atoms with Crippen LogP contribution in [0.2, 0.25) is 0 Å². The number of anilines is 2. The molecule has 1 aromatic rings. The van der Waals surface area contributed by atoms with Gasteiger partial charge in [-0.2, -0.15) is 0 Å². The number of carbonyl (C=O) groups excluding carboxylic acids is 1. The van der Waals surface area contributed by atoms with Crippen LogP contribution in [0, 0.1) is 0 Å². The molecule has 1 heterocycles. The molecule has 0 spiro atoms. The van der Waals surface area contributed by atoms with Crippen LogP contribution in [-0.2, 0) is 19.6 Å². The highest BCUT2D eigenvalue weighted by Gasteiger charge is 2.28. The van der Waals surface area contributed by atoms with Crippen LogP contribution in [0.15, 0.2) is 23.1 Å². The van der Waals surface area contributed by atoms with Crippen LogP contribution in [-0.4, -0.2) is 39.0 Å². The number of nitrogen functional groups attached to an aromatic ring is 1. The third-order valence-electron chi connectivity index (χ3n) is 3.01. The third-order valence-corrected chi connectivity index (χ3v) is 5.82. The second kappa shape index (κ2) is 6.57. The highest BCUT2D eigenvalue weighted by atomic mass is 32.2. The third kappa shape index (κ3) is 3.82. The lowest BCUT2D eigenvalue weighted by atomic mass is 10.3. The molecule has 6 nitrogen and oxygen atoms in total. The lowest BCUT2D eigenvalue weighted by Crippen LogP contribution is -2.37. The fraction of sp³-hybridized carbons (Fsp3) is 0.462. The van der Waals surface area contributed by atoms with E-state index < -0.39 is 16.0 Å². The summed E-state index contributed by atoms with van der Waals surface area (Å²) in [6, 6.07) is 5.23. The first-order chi connectivity index (χ1) is 9.94. The van der Waals surface area contributed by atoms with Gasteiger partial charge in [0.25, 0.3) is 0 Å². The van der Waals surface area contributed by atoms with Crippen molar-refractivity contribution in [1.82, 2.24) is 0 Å². The molecule has 0 unspecified atom stereocenters. The second-order valence-electron chi connectivity index (χ2n) is 4.52. The van der Waals surface area contributed by atoms with Gasteiger partial charge in [0.2, 0.25) is 10.0 Å². The number of fused-ring (bicyclic) bond motifs is 1. The van der Waals surface area contributed by atoms with Gasteiger partial charge in [0.15, 0.2) is 0 Å². The Kier molecular flexibility index (Phi) is 5.00. The van der Waals surface area contributed by atoms with Crippen molar-refractivity contribution in [2.75, 3.05) is 34.7 Å². The summed E-state index contributed by atoms with van der Waals surface area (Å²) in [5, 5.41) is 0. The highest BCUT2D eigenvalue weighted by molar-refractivity contribution is 8.00. The summed E-state index contributed by atoms with van der Waals surface area (Å²) in [5.74, 6) is -0.0828. The number of nitrogens with two attached hydrogens (primary N) is 1. The van der Waals surface area contributed by atoms with E-state index in [1.54, 1.807) is 30.8 Å². The zero-order valence-corrected chi connectivity index (χ0v) is 13.4. The minimum atomic E-state index is -3.56. The van der Waals surface area contributed by atoms with Crippen molar-refractivity contribution in [3.05, 3.63) is 18.2 Å². The monoisotopic (exact) mass is 330 g/mol. The van der Waals surface area contributed by atoms with Crippen LogP contribution >= 0.6 is 11.8 Å². The molecule has 116 valence electrons. The molecule has 0 saturated heterocycles. The van der Waals surface area contributed by atoms with Gasteiger partial charge in [-0.3, -0.25) is 9.10 Å². The van der Waals surface area contributed by atoms with Crippen molar-refractivity contribution in [1.29, 1.82) is 0 Å². The van der Waals surface area contributed by atoms with Crippen molar-refractivity contribution < 1.29 is 17.9 Å². The largest absolute Gasteiger partial charge is 0.466 e. The van der Waals surface area contributed by atoms with Gasteiger partial charge in [-0.05, 0) is 25.1 Å². The van der Waals surface area contributed by atoms with E-state index in [2.05, 4.69) is 0 Å². The fourth-order valence-electron chi connectivity index (χ4n) is 2.05. The summed E-state index contributed by atoms with van der Waals surface area (Å²) in [6.45, 7) is 2.32. The smallest absolute Gasteiger partial charge is 0.306 e. The van der Waals surface area contributed by atoms with E-state index in [1.165, 1.54) is 4.31 Å². The maximum atomic E-state index is 12.4. The molecule has 0 bridgehead atoms. The second-order valence-corrected chi connectivity index (χ2v) is 7.67. The van der Waals surface area contributed by atoms with Crippen LogP contribution in [0.5, 0.6) is 0 Å². The van der Waals surface area contributed by atoms with Crippen LogP contribution < -0.4 is 10.0 Å². The van der Waals surface area contributed by atoms with Gasteiger partial charge in [0.05, 0.1) is 24.5 Å². The van der Waals surface area contributed by atoms with E-state index in [-0.39, 0.29) is 18.8 Å². The molecule has 1 aliphatic heterocycles. The number of thioether (sulfide) groups is 1. The number of sulfonamides is 1. The number of esters is 1. The summed E-state index contributed by atoms with van der Waals surface area (Å²) >= 11 is 1.60. The minimum absolute atomic E-state index is 0.141. The lowest BCUT2D eigenvalue weighted by Gasteiger charge is -2.30. The molecular weight excluding hydrogens is 312 g/mol. The van der Waals surface area contributed by atoms with E-state index >= 15 is 0 Å². The normalized spacial score (nSPS) is 14.6. The average molecular weight is 330 g/mol. The minimum Gasteiger partial charge on any atom is -0.466 e. The quantitative estimate of drug-likeness (QED) is 0.649. The van der Waals surface area contributed by atoms with E-state index in [0.29, 0.717) is 23.7 Å². The van der Waals surface area contributed by atoms with E-state index in [9.17, 15) is 13.2 Å². The van der Waals surface area contributed by atoms with Crippen molar-refractivity contribution >= 4 is 39.1 Å². The van der Waals surface area contributed by atoms with Gasteiger partial charge < -0.3 is 10.5 Å². The van der Waals surface area contributed by atoms with Crippen LogP contribution in [0.4, 0.5) is 11.4 Å². The average Bonchev–Trinajstić information content (AvgIpc) is 2.45. The molecule has 0 aliphatic carbocycles. The molecule has 8 heteroatoms. The van der Waals surface area contributed by atoms with Gasteiger partial charge in [-0.25, -0.2) is 8.42 Å². The molecule has 21 heavy (non-hydrogen) atoms. The molecule has 1 aliphatic rings. The Morgan fingerprint density at radius 3 is 2.95 bits per heavy atom. The Morgan fingerprint density at radius 1 is 1.48 bits per heavy atom. The topological polar surface area (TPSA) is 89.7 Å². The first-order valence-electron chi connectivity index (χ1n) is 6.62. The predicted molar refractivity (Wildman–Crippen MR) is 84.0 cm³/mol. The first-order valence-corrected chi connectivity index (χ1v) is 9.22. The van der Waals surface area contributed by atoms with Crippen LogP contribution in [0.25, 0.3) is 0 Å². The molecule has 0 radical (unpaired) electrons. The Hall–Kier alpha value is -1.41. The summed E-state index contributed by atoms with van der Waals surface area (Å²) in [6.07, 6.45) is -0.141. The predicted octanol–water partition coefficient (Wildman–Crippen LogP) is 1.46. The molecule has 2 rings (SSSR count). The summed E-state index contributed by atoms with van der Waals surface area (Å²) in [5.41, 5.74) is 6.85. The Morgan fingerprint density at radius 2 is 2.24 bits per heavy atom. The molecule has 0 atom stereocenters. The maximum absolute atomic E-state index is 12.4. The van der Waals surface area contributed by atoms with E-state index in [4.69, 9.17) is 10.5 Å². The number of ether oxygens (including phenoxy) is 1. The van der Waals surface area contributed by atoms with Crippen molar-refractivity contribution in [3.8, 4) is 0 Å². The number of hydrogen-bond acceptors (Lipinski definition) is 6. The van der Waals surface area contributed by atoms with Gasteiger partial charge in [-0.1, -0.05) is 0 Å². The molecule has 0 amide bonds. The fourth-order valence-corrected chi connectivity index (χ4v) is 4.67.